The summed E-state index contributed by atoms with van der Waals surface area (Å²) in [5.74, 6) is 2.05. The van der Waals surface area contributed by atoms with Crippen molar-refractivity contribution >= 4 is 0 Å². The van der Waals surface area contributed by atoms with Gasteiger partial charge in [0.05, 0.1) is 6.61 Å². The van der Waals surface area contributed by atoms with Crippen LogP contribution in [0.1, 0.15) is 38.8 Å². The van der Waals surface area contributed by atoms with Crippen LogP contribution in [-0.4, -0.2) is 12.2 Å². The Hall–Kier alpha value is -1.18. The van der Waals surface area contributed by atoms with Gasteiger partial charge in [0.2, 0.25) is 0 Å². The van der Waals surface area contributed by atoms with Crippen LogP contribution in [0, 0.1) is 0 Å². The van der Waals surface area contributed by atoms with Gasteiger partial charge in [0, 0.05) is 12.0 Å². The van der Waals surface area contributed by atoms with E-state index in [0.717, 1.165) is 24.3 Å². The molecule has 1 aromatic carbocycles. The van der Waals surface area contributed by atoms with E-state index in [9.17, 15) is 0 Å². The lowest BCUT2D eigenvalue weighted by Gasteiger charge is -2.18. The molecule has 0 fully saturated rings. The molecule has 0 saturated heterocycles. The zero-order chi connectivity index (χ0) is 11.8. The molecule has 0 aromatic heterocycles. The van der Waals surface area contributed by atoms with Crippen LogP contribution in [0.5, 0.6) is 11.5 Å². The molecule has 88 valence electrons. The van der Waals surface area contributed by atoms with E-state index in [4.69, 9.17) is 9.47 Å². The van der Waals surface area contributed by atoms with Crippen molar-refractivity contribution in [1.29, 1.82) is 0 Å². The van der Waals surface area contributed by atoms with Gasteiger partial charge in [-0.1, -0.05) is 6.92 Å². The van der Waals surface area contributed by atoms with Gasteiger partial charge in [-0.25, -0.2) is 0 Å². The van der Waals surface area contributed by atoms with Crippen LogP contribution in [0.4, 0.5) is 0 Å². The molecule has 0 aliphatic carbocycles. The Morgan fingerprint density at radius 1 is 1.31 bits per heavy atom. The minimum atomic E-state index is -0.0723. The first-order valence-electron chi connectivity index (χ1n) is 6.03. The highest BCUT2D eigenvalue weighted by atomic mass is 16.5. The smallest absolute Gasteiger partial charge is 0.126 e. The summed E-state index contributed by atoms with van der Waals surface area (Å²) in [5.41, 5.74) is 2.47. The average Bonchev–Trinajstić information content (AvgIpc) is 2.51. The maximum absolute atomic E-state index is 5.99. The highest BCUT2D eigenvalue weighted by Crippen LogP contribution is 2.40. The average molecular weight is 220 g/mol. The number of benzene rings is 1. The molecule has 0 radical (unpaired) electrons. The van der Waals surface area contributed by atoms with Gasteiger partial charge in [-0.05, 0) is 44.9 Å². The fraction of sp³-hybridized carbons (Fsp3) is 0.571. The van der Waals surface area contributed by atoms with Crippen LogP contribution in [0.2, 0.25) is 0 Å². The van der Waals surface area contributed by atoms with E-state index < -0.39 is 0 Å². The summed E-state index contributed by atoms with van der Waals surface area (Å²) in [6, 6.07) is 4.22. The molecule has 1 aliphatic rings. The molecule has 2 nitrogen and oxygen atoms in total. The summed E-state index contributed by atoms with van der Waals surface area (Å²) >= 11 is 0. The molecule has 0 spiro atoms. The van der Waals surface area contributed by atoms with Crippen molar-refractivity contribution in [3.05, 3.63) is 23.3 Å². The lowest BCUT2D eigenvalue weighted by Crippen LogP contribution is -2.24. The zero-order valence-electron chi connectivity index (χ0n) is 10.6. The van der Waals surface area contributed by atoms with Crippen molar-refractivity contribution in [1.82, 2.24) is 0 Å². The third-order valence-electron chi connectivity index (χ3n) is 2.90. The first-order valence-corrected chi connectivity index (χ1v) is 6.03. The number of aryl methyl sites for hydroxylation is 1. The van der Waals surface area contributed by atoms with Crippen LogP contribution in [0.15, 0.2) is 12.1 Å². The topological polar surface area (TPSA) is 18.5 Å². The second-order valence-corrected chi connectivity index (χ2v) is 4.90. The quantitative estimate of drug-likeness (QED) is 0.777. The number of fused-ring (bicyclic) bond motifs is 1. The van der Waals surface area contributed by atoms with Crippen molar-refractivity contribution in [2.24, 2.45) is 0 Å². The van der Waals surface area contributed by atoms with Crippen LogP contribution in [0.25, 0.3) is 0 Å². The van der Waals surface area contributed by atoms with Crippen LogP contribution < -0.4 is 9.47 Å². The molecule has 1 aliphatic heterocycles. The molecule has 0 atom stereocenters. The van der Waals surface area contributed by atoms with E-state index in [0.29, 0.717) is 6.61 Å². The standard InChI is InChI=1S/C14H20O2/c1-5-10-7-12(15-6-2)8-11-9-14(3,4)16-13(10)11/h7-8H,5-6,9H2,1-4H3. The normalized spacial score (nSPS) is 16.8. The van der Waals surface area contributed by atoms with E-state index in [-0.39, 0.29) is 5.60 Å². The monoisotopic (exact) mass is 220 g/mol. The van der Waals surface area contributed by atoms with Gasteiger partial charge in [0.1, 0.15) is 17.1 Å². The summed E-state index contributed by atoms with van der Waals surface area (Å²) in [6.07, 6.45) is 1.95. The lowest BCUT2D eigenvalue weighted by atomic mass is 9.99. The molecular formula is C14H20O2. The molecule has 0 bridgehead atoms. The molecule has 2 rings (SSSR count). The lowest BCUT2D eigenvalue weighted by molar-refractivity contribution is 0.137. The number of hydrogen-bond donors (Lipinski definition) is 0. The van der Waals surface area contributed by atoms with Gasteiger partial charge in [-0.15, -0.1) is 0 Å². The fourth-order valence-corrected chi connectivity index (χ4v) is 2.27. The molecule has 0 saturated carbocycles. The Kier molecular flexibility index (Phi) is 2.83. The third-order valence-corrected chi connectivity index (χ3v) is 2.90. The Morgan fingerprint density at radius 2 is 2.06 bits per heavy atom. The first kappa shape index (κ1) is 11.3. The van der Waals surface area contributed by atoms with Crippen molar-refractivity contribution < 1.29 is 9.47 Å². The maximum Gasteiger partial charge on any atom is 0.126 e. The number of rotatable bonds is 3. The van der Waals surface area contributed by atoms with Crippen molar-refractivity contribution in [2.45, 2.75) is 46.1 Å². The molecule has 0 unspecified atom stereocenters. The van der Waals surface area contributed by atoms with Crippen molar-refractivity contribution in [3.8, 4) is 11.5 Å². The molecule has 0 amide bonds. The summed E-state index contributed by atoms with van der Waals surface area (Å²) in [6.45, 7) is 9.14. The van der Waals surface area contributed by atoms with E-state index in [1.807, 2.05) is 6.92 Å². The van der Waals surface area contributed by atoms with Crippen molar-refractivity contribution in [2.75, 3.05) is 6.61 Å². The van der Waals surface area contributed by atoms with Crippen LogP contribution in [0.3, 0.4) is 0 Å². The largest absolute Gasteiger partial charge is 0.494 e. The Bertz CT molecular complexity index is 394. The van der Waals surface area contributed by atoms with Crippen LogP contribution in [-0.2, 0) is 12.8 Å². The molecule has 2 heteroatoms. The zero-order valence-corrected chi connectivity index (χ0v) is 10.6. The number of ether oxygens (including phenoxy) is 2. The van der Waals surface area contributed by atoms with E-state index in [2.05, 4.69) is 32.9 Å². The second kappa shape index (κ2) is 4.00. The van der Waals surface area contributed by atoms with E-state index in [1.54, 1.807) is 0 Å². The fourth-order valence-electron chi connectivity index (χ4n) is 2.27. The van der Waals surface area contributed by atoms with E-state index in [1.165, 1.54) is 11.1 Å². The molecule has 16 heavy (non-hydrogen) atoms. The summed E-state index contributed by atoms with van der Waals surface area (Å²) < 4.78 is 11.6. The summed E-state index contributed by atoms with van der Waals surface area (Å²) in [4.78, 5) is 0. The predicted octanol–water partition coefficient (Wildman–Crippen LogP) is 3.36. The maximum atomic E-state index is 5.99. The Morgan fingerprint density at radius 3 is 2.69 bits per heavy atom. The number of hydrogen-bond acceptors (Lipinski definition) is 2. The van der Waals surface area contributed by atoms with Gasteiger partial charge in [-0.2, -0.15) is 0 Å². The highest BCUT2D eigenvalue weighted by Gasteiger charge is 2.32. The highest BCUT2D eigenvalue weighted by molar-refractivity contribution is 5.50. The minimum Gasteiger partial charge on any atom is -0.494 e. The summed E-state index contributed by atoms with van der Waals surface area (Å²) in [7, 11) is 0. The van der Waals surface area contributed by atoms with Gasteiger partial charge < -0.3 is 9.47 Å². The SMILES string of the molecule is CCOc1cc(CC)c2c(c1)CC(C)(C)O2. The first-order chi connectivity index (χ1) is 7.55. The van der Waals surface area contributed by atoms with Gasteiger partial charge in [0.25, 0.3) is 0 Å². The summed E-state index contributed by atoms with van der Waals surface area (Å²) in [5, 5.41) is 0. The Balaban J connectivity index is 2.41. The third kappa shape index (κ3) is 2.01. The molecular weight excluding hydrogens is 200 g/mol. The van der Waals surface area contributed by atoms with Crippen LogP contribution >= 0.6 is 0 Å². The van der Waals surface area contributed by atoms with E-state index >= 15 is 0 Å². The molecule has 1 heterocycles. The molecule has 0 N–H and O–H groups in total. The minimum absolute atomic E-state index is 0.0723. The van der Waals surface area contributed by atoms with Crippen molar-refractivity contribution in [3.63, 3.8) is 0 Å². The predicted molar refractivity (Wildman–Crippen MR) is 65.4 cm³/mol. The van der Waals surface area contributed by atoms with Gasteiger partial charge in [-0.3, -0.25) is 0 Å². The molecule has 1 aromatic rings. The van der Waals surface area contributed by atoms with Gasteiger partial charge >= 0.3 is 0 Å². The van der Waals surface area contributed by atoms with Gasteiger partial charge in [0.15, 0.2) is 0 Å². The Labute approximate surface area is 97.6 Å². The second-order valence-electron chi connectivity index (χ2n) is 4.90.